The highest BCUT2D eigenvalue weighted by Gasteiger charge is 2.22. The summed E-state index contributed by atoms with van der Waals surface area (Å²) >= 11 is 0. The number of carbonyl (C=O) groups excluding carboxylic acids is 1. The zero-order chi connectivity index (χ0) is 12.5. The van der Waals surface area contributed by atoms with Gasteiger partial charge in [0, 0.05) is 5.92 Å². The van der Waals surface area contributed by atoms with Gasteiger partial charge in [-0.1, -0.05) is 48.6 Å². The number of allylic oxidation sites excluding steroid dienone is 5. The van der Waals surface area contributed by atoms with Gasteiger partial charge in [-0.25, -0.2) is 4.79 Å². The van der Waals surface area contributed by atoms with Crippen molar-refractivity contribution in [2.75, 3.05) is 0 Å². The van der Waals surface area contributed by atoms with Crippen LogP contribution < -0.4 is 5.73 Å². The first-order valence-electron chi connectivity index (χ1n) is 5.85. The van der Waals surface area contributed by atoms with Gasteiger partial charge in [-0.2, -0.15) is 0 Å². The Kier molecular flexibility index (Phi) is 2.52. The maximum Gasteiger partial charge on any atom is 0.404 e. The van der Waals surface area contributed by atoms with Crippen LogP contribution in [-0.2, 0) is 11.3 Å². The molecule has 1 atom stereocenters. The Morgan fingerprint density at radius 3 is 3.06 bits per heavy atom. The maximum absolute atomic E-state index is 10.6. The summed E-state index contributed by atoms with van der Waals surface area (Å²) in [6.45, 7) is 0.226. The number of fused-ring (bicyclic) bond motifs is 3. The van der Waals surface area contributed by atoms with E-state index in [2.05, 4.69) is 36.4 Å². The van der Waals surface area contributed by atoms with Gasteiger partial charge in [0.25, 0.3) is 0 Å². The molecule has 0 spiro atoms. The summed E-state index contributed by atoms with van der Waals surface area (Å²) in [7, 11) is 0. The topological polar surface area (TPSA) is 52.3 Å². The summed E-state index contributed by atoms with van der Waals surface area (Å²) in [6, 6.07) is 6.10. The maximum atomic E-state index is 10.6. The summed E-state index contributed by atoms with van der Waals surface area (Å²) in [5.41, 5.74) is 9.73. The summed E-state index contributed by atoms with van der Waals surface area (Å²) in [6.07, 6.45) is 9.86. The quantitative estimate of drug-likeness (QED) is 0.862. The molecule has 1 aromatic carbocycles. The van der Waals surface area contributed by atoms with E-state index in [-0.39, 0.29) is 6.61 Å². The van der Waals surface area contributed by atoms with Crippen LogP contribution in [0.4, 0.5) is 4.79 Å². The van der Waals surface area contributed by atoms with E-state index in [1.54, 1.807) is 0 Å². The highest BCUT2D eigenvalue weighted by atomic mass is 16.5. The van der Waals surface area contributed by atoms with E-state index in [1.165, 1.54) is 16.7 Å². The Morgan fingerprint density at radius 2 is 2.22 bits per heavy atom. The molecule has 1 aromatic rings. The molecule has 0 saturated carbocycles. The Morgan fingerprint density at radius 1 is 1.33 bits per heavy atom. The second kappa shape index (κ2) is 4.18. The first kappa shape index (κ1) is 10.8. The van der Waals surface area contributed by atoms with Crippen LogP contribution >= 0.6 is 0 Å². The molecule has 0 fully saturated rings. The van der Waals surface area contributed by atoms with Crippen molar-refractivity contribution in [2.45, 2.75) is 12.5 Å². The highest BCUT2D eigenvalue weighted by Crippen LogP contribution is 2.39. The molecule has 2 aliphatic carbocycles. The van der Waals surface area contributed by atoms with Gasteiger partial charge in [0.2, 0.25) is 0 Å². The molecule has 1 unspecified atom stereocenters. The van der Waals surface area contributed by atoms with Crippen LogP contribution in [0.25, 0.3) is 6.08 Å². The average molecular weight is 239 g/mol. The number of ether oxygens (including phenoxy) is 1. The molecule has 0 saturated heterocycles. The highest BCUT2D eigenvalue weighted by molar-refractivity contribution is 5.72. The third kappa shape index (κ3) is 1.84. The van der Waals surface area contributed by atoms with Crippen LogP contribution in [0.15, 0.2) is 48.1 Å². The minimum absolute atomic E-state index is 0.226. The van der Waals surface area contributed by atoms with E-state index < -0.39 is 6.09 Å². The molecule has 90 valence electrons. The number of nitrogens with two attached hydrogens (primary N) is 1. The van der Waals surface area contributed by atoms with Gasteiger partial charge < -0.3 is 10.5 Å². The molecular formula is C15H13NO2. The van der Waals surface area contributed by atoms with Gasteiger partial charge in [-0.05, 0) is 22.3 Å². The fourth-order valence-electron chi connectivity index (χ4n) is 2.43. The second-order valence-corrected chi connectivity index (χ2v) is 4.44. The number of rotatable bonds is 2. The van der Waals surface area contributed by atoms with E-state index in [1.807, 2.05) is 12.1 Å². The average Bonchev–Trinajstić information content (AvgIpc) is 2.74. The normalized spacial score (nSPS) is 19.1. The van der Waals surface area contributed by atoms with E-state index in [4.69, 9.17) is 10.5 Å². The van der Waals surface area contributed by atoms with E-state index >= 15 is 0 Å². The van der Waals surface area contributed by atoms with Crippen LogP contribution in [0, 0.1) is 0 Å². The smallest absolute Gasteiger partial charge is 0.404 e. The Bertz CT molecular complexity index is 597. The lowest BCUT2D eigenvalue weighted by molar-refractivity contribution is 0.150. The van der Waals surface area contributed by atoms with Gasteiger partial charge in [0.15, 0.2) is 0 Å². The number of primary amides is 1. The lowest BCUT2D eigenvalue weighted by Gasteiger charge is -2.13. The molecule has 2 N–H and O–H groups in total. The van der Waals surface area contributed by atoms with Crippen LogP contribution in [0.3, 0.4) is 0 Å². The fourth-order valence-corrected chi connectivity index (χ4v) is 2.43. The van der Waals surface area contributed by atoms with Gasteiger partial charge in [-0.3, -0.25) is 0 Å². The summed E-state index contributed by atoms with van der Waals surface area (Å²) in [5, 5.41) is 0. The first-order valence-corrected chi connectivity index (χ1v) is 5.85. The van der Waals surface area contributed by atoms with Crippen LogP contribution in [0.1, 0.15) is 22.6 Å². The number of amides is 1. The zero-order valence-corrected chi connectivity index (χ0v) is 9.80. The number of hydrogen-bond acceptors (Lipinski definition) is 2. The van der Waals surface area contributed by atoms with Gasteiger partial charge in [-0.15, -0.1) is 0 Å². The number of benzene rings is 1. The Hall–Kier alpha value is -2.29. The van der Waals surface area contributed by atoms with Crippen molar-refractivity contribution in [2.24, 2.45) is 5.73 Å². The first-order chi connectivity index (χ1) is 8.74. The number of hydrogen-bond donors (Lipinski definition) is 1. The second-order valence-electron chi connectivity index (χ2n) is 4.44. The third-order valence-corrected chi connectivity index (χ3v) is 3.25. The lowest BCUT2D eigenvalue weighted by Crippen LogP contribution is -2.12. The van der Waals surface area contributed by atoms with E-state index in [9.17, 15) is 4.79 Å². The molecule has 2 aliphatic rings. The summed E-state index contributed by atoms with van der Waals surface area (Å²) < 4.78 is 4.81. The molecule has 3 rings (SSSR count). The molecule has 0 bridgehead atoms. The van der Waals surface area contributed by atoms with Gasteiger partial charge in [0.1, 0.15) is 6.61 Å². The van der Waals surface area contributed by atoms with Crippen LogP contribution in [-0.4, -0.2) is 6.09 Å². The van der Waals surface area contributed by atoms with Crippen molar-refractivity contribution in [1.82, 2.24) is 0 Å². The summed E-state index contributed by atoms with van der Waals surface area (Å²) in [5.74, 6) is 0.332. The van der Waals surface area contributed by atoms with E-state index in [0.29, 0.717) is 5.92 Å². The lowest BCUT2D eigenvalue weighted by atomic mass is 9.91. The summed E-state index contributed by atoms with van der Waals surface area (Å²) in [4.78, 5) is 10.6. The minimum atomic E-state index is -0.741. The minimum Gasteiger partial charge on any atom is -0.445 e. The van der Waals surface area contributed by atoms with Crippen molar-refractivity contribution in [1.29, 1.82) is 0 Å². The standard InChI is InChI=1S/C15H13NO2/c16-15(17)18-9-10-5-6-12-8-11-3-1-2-4-13(11)14(12)7-10/h1-8,13H,9H2,(H2,16,17). The van der Waals surface area contributed by atoms with Crippen LogP contribution in [0.5, 0.6) is 0 Å². The van der Waals surface area contributed by atoms with Crippen molar-refractivity contribution in [3.63, 3.8) is 0 Å². The largest absolute Gasteiger partial charge is 0.445 e. The Balaban J connectivity index is 1.89. The zero-order valence-electron chi connectivity index (χ0n) is 9.80. The molecule has 3 nitrogen and oxygen atoms in total. The SMILES string of the molecule is NC(=O)OCc1ccc2c(c1)C1C=CC=CC1=C2. The van der Waals surface area contributed by atoms with E-state index in [0.717, 1.165) is 5.56 Å². The molecule has 0 aliphatic heterocycles. The van der Waals surface area contributed by atoms with Crippen molar-refractivity contribution in [3.05, 3.63) is 64.8 Å². The molecule has 1 amide bonds. The molecular weight excluding hydrogens is 226 g/mol. The molecule has 0 aromatic heterocycles. The predicted octanol–water partition coefficient (Wildman–Crippen LogP) is 2.89. The third-order valence-electron chi connectivity index (χ3n) is 3.25. The monoisotopic (exact) mass is 239 g/mol. The molecule has 18 heavy (non-hydrogen) atoms. The van der Waals surface area contributed by atoms with Crippen molar-refractivity contribution in [3.8, 4) is 0 Å². The fraction of sp³-hybridized carbons (Fsp3) is 0.133. The van der Waals surface area contributed by atoms with Gasteiger partial charge >= 0.3 is 6.09 Å². The predicted molar refractivity (Wildman–Crippen MR) is 69.8 cm³/mol. The van der Waals surface area contributed by atoms with Crippen molar-refractivity contribution >= 4 is 12.2 Å². The molecule has 3 heteroatoms. The van der Waals surface area contributed by atoms with Gasteiger partial charge in [0.05, 0.1) is 0 Å². The van der Waals surface area contributed by atoms with Crippen molar-refractivity contribution < 1.29 is 9.53 Å². The Labute approximate surface area is 105 Å². The van der Waals surface area contributed by atoms with Crippen LogP contribution in [0.2, 0.25) is 0 Å². The number of carbonyl (C=O) groups is 1. The molecule has 0 radical (unpaired) electrons. The molecule has 0 heterocycles.